The van der Waals surface area contributed by atoms with Crippen molar-refractivity contribution in [2.75, 3.05) is 24.5 Å². The van der Waals surface area contributed by atoms with Gasteiger partial charge in [0.15, 0.2) is 0 Å². The van der Waals surface area contributed by atoms with E-state index in [-0.39, 0.29) is 12.1 Å². The van der Waals surface area contributed by atoms with Crippen molar-refractivity contribution in [3.05, 3.63) is 51.9 Å². The second-order valence-electron chi connectivity index (χ2n) is 8.70. The molecule has 0 fully saturated rings. The van der Waals surface area contributed by atoms with Crippen LogP contribution in [-0.2, 0) is 0 Å². The van der Waals surface area contributed by atoms with Crippen LogP contribution >= 0.6 is 11.6 Å². The fourth-order valence-corrected chi connectivity index (χ4v) is 4.53. The van der Waals surface area contributed by atoms with E-state index in [1.165, 1.54) is 0 Å². The summed E-state index contributed by atoms with van der Waals surface area (Å²) in [5.41, 5.74) is 6.06. The molecule has 0 radical (unpaired) electrons. The van der Waals surface area contributed by atoms with Gasteiger partial charge in [0.2, 0.25) is 0 Å². The van der Waals surface area contributed by atoms with Crippen molar-refractivity contribution in [3.8, 4) is 11.3 Å². The minimum absolute atomic E-state index is 0.0381. The number of aliphatic imine (C=N–C) groups is 2. The van der Waals surface area contributed by atoms with E-state index in [0.717, 1.165) is 52.4 Å². The number of aliphatic hydroxyl groups excluding tert-OH is 1. The Morgan fingerprint density at radius 2 is 2.00 bits per heavy atom. The SMILES string of the molecule is Cc1cnc(-c2cc(N3CCC4=C(/C=N\CCC(O)CCN/C=N/4)C3C)ncc2Cl)c(C)c1. The topological polar surface area (TPSA) is 86.0 Å². The molecule has 0 amide bonds. The molecule has 174 valence electrons. The Hall–Kier alpha value is -2.77. The summed E-state index contributed by atoms with van der Waals surface area (Å²) < 4.78 is 0. The van der Waals surface area contributed by atoms with Crippen LogP contribution in [0, 0.1) is 13.8 Å². The average molecular weight is 467 g/mol. The van der Waals surface area contributed by atoms with Crippen molar-refractivity contribution in [3.63, 3.8) is 0 Å². The van der Waals surface area contributed by atoms with E-state index >= 15 is 0 Å². The van der Waals surface area contributed by atoms with Crippen LogP contribution in [0.3, 0.4) is 0 Å². The number of aliphatic hydroxyl groups is 1. The largest absolute Gasteiger partial charge is 0.393 e. The van der Waals surface area contributed by atoms with Gasteiger partial charge in [-0.15, -0.1) is 0 Å². The van der Waals surface area contributed by atoms with Gasteiger partial charge in [-0.25, -0.2) is 9.98 Å². The van der Waals surface area contributed by atoms with Crippen LogP contribution in [-0.4, -0.2) is 59.4 Å². The first kappa shape index (κ1) is 23.4. The van der Waals surface area contributed by atoms with Gasteiger partial charge in [0, 0.05) is 55.8 Å². The van der Waals surface area contributed by atoms with Crippen molar-refractivity contribution in [2.45, 2.75) is 52.2 Å². The van der Waals surface area contributed by atoms with Crippen molar-refractivity contribution in [2.24, 2.45) is 9.98 Å². The summed E-state index contributed by atoms with van der Waals surface area (Å²) in [6.07, 6.45) is 9.01. The van der Waals surface area contributed by atoms with Gasteiger partial charge in [-0.1, -0.05) is 17.7 Å². The Bertz CT molecular complexity index is 1100. The number of hydrogen-bond acceptors (Lipinski definition) is 7. The lowest BCUT2D eigenvalue weighted by Crippen LogP contribution is -2.40. The molecular formula is C25H31ClN6O. The Morgan fingerprint density at radius 1 is 1.15 bits per heavy atom. The van der Waals surface area contributed by atoms with E-state index in [9.17, 15) is 5.11 Å². The fraction of sp³-hybridized carbons (Fsp3) is 0.440. The Morgan fingerprint density at radius 3 is 2.82 bits per heavy atom. The van der Waals surface area contributed by atoms with Gasteiger partial charge in [0.05, 0.1) is 34.9 Å². The predicted molar refractivity (Wildman–Crippen MR) is 135 cm³/mol. The molecule has 4 rings (SSSR count). The second kappa shape index (κ2) is 10.4. The summed E-state index contributed by atoms with van der Waals surface area (Å²) in [4.78, 5) is 20.8. The minimum Gasteiger partial charge on any atom is -0.393 e. The van der Waals surface area contributed by atoms with Crippen molar-refractivity contribution >= 4 is 30.0 Å². The third-order valence-electron chi connectivity index (χ3n) is 6.20. The molecular weight excluding hydrogens is 436 g/mol. The summed E-state index contributed by atoms with van der Waals surface area (Å²) >= 11 is 6.54. The molecule has 7 nitrogen and oxygen atoms in total. The Labute approximate surface area is 200 Å². The van der Waals surface area contributed by atoms with E-state index in [4.69, 9.17) is 11.6 Å². The third-order valence-corrected chi connectivity index (χ3v) is 6.50. The molecule has 4 heterocycles. The molecule has 2 N–H and O–H groups in total. The van der Waals surface area contributed by atoms with E-state index < -0.39 is 0 Å². The lowest BCUT2D eigenvalue weighted by Gasteiger charge is -2.36. The fourth-order valence-electron chi connectivity index (χ4n) is 4.34. The Balaban J connectivity index is 1.66. The number of nitrogens with zero attached hydrogens (tertiary/aromatic N) is 5. The molecule has 0 spiro atoms. The van der Waals surface area contributed by atoms with E-state index in [1.807, 2.05) is 25.4 Å². The van der Waals surface area contributed by atoms with Gasteiger partial charge in [0.1, 0.15) is 5.82 Å². The van der Waals surface area contributed by atoms with Gasteiger partial charge in [-0.3, -0.25) is 9.98 Å². The number of anilines is 1. The van der Waals surface area contributed by atoms with Gasteiger partial charge < -0.3 is 15.3 Å². The predicted octanol–water partition coefficient (Wildman–Crippen LogP) is 4.11. The zero-order valence-corrected chi connectivity index (χ0v) is 20.2. The van der Waals surface area contributed by atoms with E-state index in [0.29, 0.717) is 31.0 Å². The van der Waals surface area contributed by atoms with Crippen LogP contribution in [0.5, 0.6) is 0 Å². The van der Waals surface area contributed by atoms with Gasteiger partial charge in [-0.2, -0.15) is 0 Å². The molecule has 0 aliphatic carbocycles. The molecule has 0 bridgehead atoms. The molecule has 2 aliphatic heterocycles. The summed E-state index contributed by atoms with van der Waals surface area (Å²) in [5.74, 6) is 0.854. The van der Waals surface area contributed by atoms with Crippen LogP contribution in [0.25, 0.3) is 11.3 Å². The molecule has 0 saturated heterocycles. The number of nitrogens with one attached hydrogen (secondary N) is 1. The highest BCUT2D eigenvalue weighted by Gasteiger charge is 2.27. The average Bonchev–Trinajstić information content (AvgIpc) is 2.78. The first-order valence-corrected chi connectivity index (χ1v) is 11.8. The number of aromatic nitrogens is 2. The van der Waals surface area contributed by atoms with Gasteiger partial charge in [0.25, 0.3) is 0 Å². The van der Waals surface area contributed by atoms with Crippen LogP contribution in [0.1, 0.15) is 37.3 Å². The quantitative estimate of drug-likeness (QED) is 0.695. The van der Waals surface area contributed by atoms with Crippen LogP contribution in [0.2, 0.25) is 5.02 Å². The molecule has 2 unspecified atom stereocenters. The highest BCUT2D eigenvalue weighted by atomic mass is 35.5. The maximum Gasteiger partial charge on any atom is 0.129 e. The number of rotatable bonds is 2. The second-order valence-corrected chi connectivity index (χ2v) is 9.11. The molecule has 33 heavy (non-hydrogen) atoms. The van der Waals surface area contributed by atoms with Crippen LogP contribution in [0.15, 0.2) is 45.8 Å². The molecule has 2 aliphatic rings. The molecule has 2 atom stereocenters. The standard InChI is InChI=1S/C25H31ClN6O/c1-16-10-17(2)25(30-12-16)20-11-24(29-14-22(20)26)32-9-6-23-21(18(32)3)13-27-7-4-19(33)5-8-28-15-31-23/h10-15,18-19,33H,4-9H2,1-3H3,(H,28,31)/b27-13-. The summed E-state index contributed by atoms with van der Waals surface area (Å²) in [6.45, 7) is 8.32. The van der Waals surface area contributed by atoms with Crippen LogP contribution in [0.4, 0.5) is 5.82 Å². The highest BCUT2D eigenvalue weighted by molar-refractivity contribution is 6.33. The molecule has 0 saturated carbocycles. The van der Waals surface area contributed by atoms with E-state index in [1.54, 1.807) is 12.5 Å². The first-order valence-electron chi connectivity index (χ1n) is 11.5. The first-order chi connectivity index (χ1) is 15.9. The molecule has 0 aromatic carbocycles. The number of hydrogen-bond donors (Lipinski definition) is 2. The lowest BCUT2D eigenvalue weighted by atomic mass is 9.98. The zero-order chi connectivity index (χ0) is 23.4. The zero-order valence-electron chi connectivity index (χ0n) is 19.4. The normalized spacial score (nSPS) is 23.7. The lowest BCUT2D eigenvalue weighted by molar-refractivity contribution is 0.159. The maximum absolute atomic E-state index is 10.0. The number of pyridine rings is 2. The minimum atomic E-state index is -0.355. The maximum atomic E-state index is 10.0. The Kier molecular flexibility index (Phi) is 7.40. The van der Waals surface area contributed by atoms with Gasteiger partial charge >= 0.3 is 0 Å². The van der Waals surface area contributed by atoms with Gasteiger partial charge in [-0.05, 0) is 50.8 Å². The summed E-state index contributed by atoms with van der Waals surface area (Å²) in [7, 11) is 0. The van der Waals surface area contributed by atoms with E-state index in [2.05, 4.69) is 50.1 Å². The number of aryl methyl sites for hydroxylation is 2. The van der Waals surface area contributed by atoms with Crippen LogP contribution < -0.4 is 10.2 Å². The van der Waals surface area contributed by atoms with Crippen molar-refractivity contribution in [1.29, 1.82) is 0 Å². The highest BCUT2D eigenvalue weighted by Crippen LogP contribution is 2.34. The smallest absolute Gasteiger partial charge is 0.129 e. The number of halogens is 1. The summed E-state index contributed by atoms with van der Waals surface area (Å²) in [6, 6.07) is 4.18. The monoisotopic (exact) mass is 466 g/mol. The molecule has 2 aromatic heterocycles. The third kappa shape index (κ3) is 5.42. The van der Waals surface area contributed by atoms with Crippen molar-refractivity contribution < 1.29 is 5.11 Å². The molecule has 2 aromatic rings. The summed E-state index contributed by atoms with van der Waals surface area (Å²) in [5, 5.41) is 13.8. The van der Waals surface area contributed by atoms with Crippen molar-refractivity contribution in [1.82, 2.24) is 15.3 Å². The molecule has 8 heteroatoms.